The summed E-state index contributed by atoms with van der Waals surface area (Å²) < 4.78 is 11.3. The van der Waals surface area contributed by atoms with Gasteiger partial charge in [-0.1, -0.05) is 36.4 Å². The molecule has 0 saturated heterocycles. The Morgan fingerprint density at radius 1 is 0.938 bits per heavy atom. The molecule has 1 aliphatic carbocycles. The second-order valence-corrected chi connectivity index (χ2v) is 8.57. The van der Waals surface area contributed by atoms with E-state index in [0.717, 1.165) is 52.2 Å². The smallest absolute Gasteiger partial charge is 0.335 e. The number of hydrogen-bond acceptors (Lipinski definition) is 4. The Morgan fingerprint density at radius 2 is 1.66 bits per heavy atom. The number of ether oxygens (including phenoxy) is 2. The van der Waals surface area contributed by atoms with Gasteiger partial charge in [-0.3, -0.25) is 4.79 Å². The van der Waals surface area contributed by atoms with Crippen LogP contribution in [0.3, 0.4) is 0 Å². The molecule has 0 aromatic heterocycles. The highest BCUT2D eigenvalue weighted by molar-refractivity contribution is 5.95. The molecular formula is C27H26O5. The lowest BCUT2D eigenvalue weighted by molar-refractivity contribution is -0.120. The number of aromatic carboxylic acids is 1. The summed E-state index contributed by atoms with van der Waals surface area (Å²) in [6.45, 7) is 3.09. The number of carboxylic acid groups (broad SMARTS) is 1. The first-order valence-electron chi connectivity index (χ1n) is 10.8. The van der Waals surface area contributed by atoms with E-state index >= 15 is 0 Å². The van der Waals surface area contributed by atoms with E-state index in [9.17, 15) is 9.59 Å². The van der Waals surface area contributed by atoms with Crippen LogP contribution in [0.4, 0.5) is 0 Å². The predicted molar refractivity (Wildman–Crippen MR) is 123 cm³/mol. The van der Waals surface area contributed by atoms with Crippen molar-refractivity contribution in [3.05, 3.63) is 82.9 Å². The zero-order chi connectivity index (χ0) is 22.3. The quantitative estimate of drug-likeness (QED) is 0.580. The van der Waals surface area contributed by atoms with Crippen molar-refractivity contribution >= 4 is 11.8 Å². The van der Waals surface area contributed by atoms with Crippen LogP contribution < -0.4 is 9.47 Å². The molecule has 0 bridgehead atoms. The number of rotatable bonds is 6. The van der Waals surface area contributed by atoms with E-state index in [4.69, 9.17) is 14.6 Å². The molecule has 0 spiro atoms. The van der Waals surface area contributed by atoms with Crippen LogP contribution in [0.2, 0.25) is 0 Å². The highest BCUT2D eigenvalue weighted by Gasteiger charge is 2.50. The maximum absolute atomic E-state index is 13.4. The minimum absolute atomic E-state index is 0. The Morgan fingerprint density at radius 3 is 2.34 bits per heavy atom. The van der Waals surface area contributed by atoms with Gasteiger partial charge in [-0.2, -0.15) is 0 Å². The van der Waals surface area contributed by atoms with Crippen LogP contribution in [0.5, 0.6) is 11.5 Å². The molecule has 1 heterocycles. The van der Waals surface area contributed by atoms with Gasteiger partial charge < -0.3 is 14.6 Å². The molecule has 3 aromatic rings. The summed E-state index contributed by atoms with van der Waals surface area (Å²) in [6.07, 6.45) is 2.05. The maximum atomic E-state index is 13.4. The molecule has 5 heteroatoms. The number of benzene rings is 3. The molecule has 32 heavy (non-hydrogen) atoms. The second kappa shape index (κ2) is 7.83. The van der Waals surface area contributed by atoms with E-state index in [0.29, 0.717) is 19.6 Å². The number of carbonyl (C=O) groups excluding carboxylic acids is 1. The first kappa shape index (κ1) is 20.3. The number of Topliss-reactive ketones (excluding diaryl/α,β-unsaturated/α-hetero) is 1. The lowest BCUT2D eigenvalue weighted by Crippen LogP contribution is -2.23. The summed E-state index contributed by atoms with van der Waals surface area (Å²) in [5.74, 6) is 0.724. The first-order chi connectivity index (χ1) is 15.5. The van der Waals surface area contributed by atoms with Gasteiger partial charge in [0.25, 0.3) is 0 Å². The van der Waals surface area contributed by atoms with Gasteiger partial charge >= 0.3 is 5.97 Å². The van der Waals surface area contributed by atoms with E-state index in [1.165, 1.54) is 0 Å². The van der Waals surface area contributed by atoms with Gasteiger partial charge in [0, 0.05) is 7.85 Å². The number of fused-ring (bicyclic) bond motifs is 1. The lowest BCUT2D eigenvalue weighted by atomic mass is 9.86. The third-order valence-electron chi connectivity index (χ3n) is 6.49. The molecule has 0 amide bonds. The Bertz CT molecular complexity index is 1210. The standard InChI is InChI=1S/C27H24O5.H2/c1-17-2-3-18(14-22(17)19-4-6-20(7-5-19)26(29)30)15-25(28)27(10-11-27)21-8-9-23-24(16-21)32-13-12-31-23;/h2-9,14,16H,10-13,15H2,1H3,(H,29,30);1H. The molecule has 1 aliphatic heterocycles. The van der Waals surface area contributed by atoms with E-state index in [1.807, 2.05) is 55.5 Å². The summed E-state index contributed by atoms with van der Waals surface area (Å²) >= 11 is 0. The summed E-state index contributed by atoms with van der Waals surface area (Å²) in [7, 11) is 0. The monoisotopic (exact) mass is 430 g/mol. The molecule has 1 fully saturated rings. The molecule has 164 valence electrons. The van der Waals surface area contributed by atoms with Crippen molar-refractivity contribution in [1.29, 1.82) is 0 Å². The highest BCUT2D eigenvalue weighted by atomic mass is 16.6. The number of carboxylic acids is 1. The van der Waals surface area contributed by atoms with Crippen LogP contribution in [-0.2, 0) is 16.6 Å². The first-order valence-corrected chi connectivity index (χ1v) is 10.8. The Hall–Kier alpha value is -3.60. The molecule has 0 radical (unpaired) electrons. The fourth-order valence-corrected chi connectivity index (χ4v) is 4.43. The van der Waals surface area contributed by atoms with Gasteiger partial charge in [0.05, 0.1) is 11.0 Å². The van der Waals surface area contributed by atoms with Crippen molar-refractivity contribution in [3.8, 4) is 22.6 Å². The molecule has 0 atom stereocenters. The maximum Gasteiger partial charge on any atom is 0.335 e. The van der Waals surface area contributed by atoms with Crippen molar-refractivity contribution in [2.45, 2.75) is 31.6 Å². The largest absolute Gasteiger partial charge is 0.486 e. The molecule has 0 unspecified atom stereocenters. The van der Waals surface area contributed by atoms with Crippen molar-refractivity contribution in [2.24, 2.45) is 0 Å². The van der Waals surface area contributed by atoms with Crippen molar-refractivity contribution in [3.63, 3.8) is 0 Å². The van der Waals surface area contributed by atoms with Crippen molar-refractivity contribution < 1.29 is 25.6 Å². The molecule has 3 aromatic carbocycles. The normalized spacial score (nSPS) is 15.8. The van der Waals surface area contributed by atoms with Crippen molar-refractivity contribution in [1.82, 2.24) is 0 Å². The molecule has 5 nitrogen and oxygen atoms in total. The second-order valence-electron chi connectivity index (χ2n) is 8.57. The minimum atomic E-state index is -0.943. The van der Waals surface area contributed by atoms with Gasteiger partial charge in [0.1, 0.15) is 19.0 Å². The topological polar surface area (TPSA) is 72.8 Å². The Balaban J connectivity index is 0.00000259. The third kappa shape index (κ3) is 3.64. The highest BCUT2D eigenvalue weighted by Crippen LogP contribution is 2.51. The number of ketones is 1. The molecular weight excluding hydrogens is 404 g/mol. The molecule has 5 rings (SSSR count). The van der Waals surface area contributed by atoms with Gasteiger partial charge in [0.2, 0.25) is 0 Å². The van der Waals surface area contributed by atoms with Gasteiger partial charge in [-0.05, 0) is 71.8 Å². The zero-order valence-corrected chi connectivity index (χ0v) is 17.9. The van der Waals surface area contributed by atoms with Crippen molar-refractivity contribution in [2.75, 3.05) is 13.2 Å². The minimum Gasteiger partial charge on any atom is -0.486 e. The van der Waals surface area contributed by atoms with Crippen LogP contribution in [0.15, 0.2) is 60.7 Å². The van der Waals surface area contributed by atoms with Gasteiger partial charge in [-0.25, -0.2) is 4.79 Å². The van der Waals surface area contributed by atoms with E-state index in [1.54, 1.807) is 12.1 Å². The number of carbonyl (C=O) groups is 2. The predicted octanol–water partition coefficient (Wildman–Crippen LogP) is 5.22. The van der Waals surface area contributed by atoms with Crippen LogP contribution in [0.25, 0.3) is 11.1 Å². The van der Waals surface area contributed by atoms with Crippen LogP contribution in [0.1, 0.15) is 41.3 Å². The summed E-state index contributed by atoms with van der Waals surface area (Å²) in [5.41, 5.74) is 4.81. The zero-order valence-electron chi connectivity index (χ0n) is 17.9. The average molecular weight is 431 g/mol. The summed E-state index contributed by atoms with van der Waals surface area (Å²) in [4.78, 5) is 24.5. The van der Waals surface area contributed by atoms with Crippen LogP contribution in [0, 0.1) is 6.92 Å². The SMILES string of the molecule is Cc1ccc(CC(=O)C2(c3ccc4c(c3)OCCO4)CC2)cc1-c1ccc(C(=O)O)cc1.[HH]. The molecule has 1 N–H and O–H groups in total. The Labute approximate surface area is 188 Å². The number of aryl methyl sites for hydroxylation is 1. The Kier molecular flexibility index (Phi) is 4.97. The molecule has 2 aliphatic rings. The average Bonchev–Trinajstić information content (AvgIpc) is 3.62. The van der Waals surface area contributed by atoms with E-state index < -0.39 is 11.4 Å². The van der Waals surface area contributed by atoms with E-state index in [-0.39, 0.29) is 12.8 Å². The number of hydrogen-bond donors (Lipinski definition) is 1. The lowest BCUT2D eigenvalue weighted by Gasteiger charge is -2.21. The van der Waals surface area contributed by atoms with Gasteiger partial charge in [-0.15, -0.1) is 0 Å². The third-order valence-corrected chi connectivity index (χ3v) is 6.49. The van der Waals surface area contributed by atoms with E-state index in [2.05, 4.69) is 0 Å². The van der Waals surface area contributed by atoms with Crippen LogP contribution >= 0.6 is 0 Å². The van der Waals surface area contributed by atoms with Gasteiger partial charge in [0.15, 0.2) is 11.5 Å². The summed E-state index contributed by atoms with van der Waals surface area (Å²) in [5, 5.41) is 9.13. The fraction of sp³-hybridized carbons (Fsp3) is 0.259. The summed E-state index contributed by atoms with van der Waals surface area (Å²) in [6, 6.07) is 18.8. The molecule has 1 saturated carbocycles. The fourth-order valence-electron chi connectivity index (χ4n) is 4.43. The van der Waals surface area contributed by atoms with Crippen LogP contribution in [-0.4, -0.2) is 30.1 Å².